The molecule has 2 aromatic rings. The van der Waals surface area contributed by atoms with Gasteiger partial charge in [0.1, 0.15) is 5.82 Å². The fraction of sp³-hybridized carbons (Fsp3) is 0.438. The van der Waals surface area contributed by atoms with Gasteiger partial charge >= 0.3 is 0 Å². The normalized spacial score (nSPS) is 12.8. The maximum absolute atomic E-state index is 13.8. The Morgan fingerprint density at radius 1 is 1.30 bits per heavy atom. The maximum Gasteiger partial charge on any atom is 0.126 e. The molecule has 0 bridgehead atoms. The molecule has 0 aliphatic carbocycles. The van der Waals surface area contributed by atoms with Gasteiger partial charge in [-0.05, 0) is 62.9 Å². The van der Waals surface area contributed by atoms with E-state index in [1.165, 1.54) is 11.6 Å². The quantitative estimate of drug-likeness (QED) is 0.931. The van der Waals surface area contributed by atoms with Crippen LogP contribution in [0.2, 0.25) is 0 Å². The minimum atomic E-state index is -0.242. The van der Waals surface area contributed by atoms with Crippen LogP contribution in [0.25, 0.3) is 5.69 Å². The Morgan fingerprint density at radius 2 is 1.95 bits per heavy atom. The Labute approximate surface area is 119 Å². The highest BCUT2D eigenvalue weighted by Crippen LogP contribution is 2.26. The number of rotatable bonds is 3. The number of benzene rings is 1. The summed E-state index contributed by atoms with van der Waals surface area (Å²) in [6, 6.07) is 3.11. The van der Waals surface area contributed by atoms with Gasteiger partial charge in [0.2, 0.25) is 0 Å². The lowest BCUT2D eigenvalue weighted by atomic mass is 10.0. The molecule has 0 radical (unpaired) electrons. The predicted octanol–water partition coefficient (Wildman–Crippen LogP) is 3.52. The van der Waals surface area contributed by atoms with Crippen molar-refractivity contribution in [3.05, 3.63) is 46.0 Å². The van der Waals surface area contributed by atoms with Crippen molar-refractivity contribution in [3.63, 3.8) is 0 Å². The molecule has 1 aromatic carbocycles. The van der Waals surface area contributed by atoms with Crippen LogP contribution >= 0.6 is 0 Å². The lowest BCUT2D eigenvalue weighted by Gasteiger charge is -2.16. The monoisotopic (exact) mass is 275 g/mol. The molecule has 0 amide bonds. The summed E-state index contributed by atoms with van der Waals surface area (Å²) in [5.74, 6) is -0.224. The Balaban J connectivity index is 2.72. The molecule has 0 aliphatic rings. The number of hydrogen-bond donors (Lipinski definition) is 1. The van der Waals surface area contributed by atoms with Gasteiger partial charge in [0.25, 0.3) is 0 Å². The Kier molecular flexibility index (Phi) is 3.95. The molecule has 3 nitrogen and oxygen atoms in total. The van der Waals surface area contributed by atoms with E-state index in [0.29, 0.717) is 5.56 Å². The molecule has 20 heavy (non-hydrogen) atoms. The summed E-state index contributed by atoms with van der Waals surface area (Å²) in [6.07, 6.45) is 0.936. The van der Waals surface area contributed by atoms with Gasteiger partial charge in [0, 0.05) is 11.7 Å². The minimum Gasteiger partial charge on any atom is -0.324 e. The smallest absolute Gasteiger partial charge is 0.126 e. The van der Waals surface area contributed by atoms with Crippen molar-refractivity contribution < 1.29 is 4.39 Å². The first kappa shape index (κ1) is 14.7. The Hall–Kier alpha value is -1.68. The van der Waals surface area contributed by atoms with Crippen LogP contribution in [0.15, 0.2) is 12.1 Å². The van der Waals surface area contributed by atoms with Crippen molar-refractivity contribution in [2.45, 2.75) is 47.1 Å². The topological polar surface area (TPSA) is 43.8 Å². The zero-order valence-corrected chi connectivity index (χ0v) is 12.8. The fourth-order valence-electron chi connectivity index (χ4n) is 2.65. The standard InChI is InChI=1S/C16H22FN3/c1-6-13-11(4)19-20(12(13)5)16-7-9(2)15(17)8-14(16)10(3)18/h7-8,10H,6,18H2,1-5H3/t10-/m1/s1. The second-order valence-corrected chi connectivity index (χ2v) is 5.36. The Morgan fingerprint density at radius 3 is 2.45 bits per heavy atom. The molecule has 2 N–H and O–H groups in total. The first-order chi connectivity index (χ1) is 9.36. The molecule has 1 heterocycles. The zero-order chi connectivity index (χ0) is 15.0. The highest BCUT2D eigenvalue weighted by Gasteiger charge is 2.17. The lowest BCUT2D eigenvalue weighted by molar-refractivity contribution is 0.610. The number of nitrogens with two attached hydrogens (primary N) is 1. The summed E-state index contributed by atoms with van der Waals surface area (Å²) < 4.78 is 15.7. The van der Waals surface area contributed by atoms with E-state index in [2.05, 4.69) is 12.0 Å². The van der Waals surface area contributed by atoms with Crippen LogP contribution in [0, 0.1) is 26.6 Å². The van der Waals surface area contributed by atoms with Gasteiger partial charge in [-0.25, -0.2) is 9.07 Å². The third kappa shape index (κ3) is 2.36. The first-order valence-corrected chi connectivity index (χ1v) is 6.97. The molecule has 1 atom stereocenters. The van der Waals surface area contributed by atoms with Crippen LogP contribution < -0.4 is 5.73 Å². The number of nitrogens with zero attached hydrogens (tertiary/aromatic N) is 2. The van der Waals surface area contributed by atoms with Crippen molar-refractivity contribution in [3.8, 4) is 5.69 Å². The highest BCUT2D eigenvalue weighted by molar-refractivity contribution is 5.47. The van der Waals surface area contributed by atoms with Crippen LogP contribution in [0.1, 0.15) is 48.0 Å². The van der Waals surface area contributed by atoms with Crippen LogP contribution in [-0.2, 0) is 6.42 Å². The van der Waals surface area contributed by atoms with Gasteiger partial charge < -0.3 is 5.73 Å². The summed E-state index contributed by atoms with van der Waals surface area (Å²) in [7, 11) is 0. The number of aryl methyl sites for hydroxylation is 2. The van der Waals surface area contributed by atoms with E-state index < -0.39 is 0 Å². The van der Waals surface area contributed by atoms with E-state index in [1.807, 2.05) is 31.5 Å². The zero-order valence-electron chi connectivity index (χ0n) is 12.8. The molecule has 0 saturated heterocycles. The summed E-state index contributed by atoms with van der Waals surface area (Å²) >= 11 is 0. The summed E-state index contributed by atoms with van der Waals surface area (Å²) in [5.41, 5.74) is 11.6. The number of halogens is 1. The van der Waals surface area contributed by atoms with Crippen LogP contribution in [0.5, 0.6) is 0 Å². The average Bonchev–Trinajstić information content (AvgIpc) is 2.66. The molecule has 0 fully saturated rings. The van der Waals surface area contributed by atoms with Crippen LogP contribution in [0.4, 0.5) is 4.39 Å². The molecule has 0 unspecified atom stereocenters. The van der Waals surface area contributed by atoms with Gasteiger partial charge in [-0.1, -0.05) is 6.92 Å². The maximum atomic E-state index is 13.8. The third-order valence-corrected chi connectivity index (χ3v) is 3.82. The predicted molar refractivity (Wildman–Crippen MR) is 79.7 cm³/mol. The molecule has 0 saturated carbocycles. The van der Waals surface area contributed by atoms with Crippen LogP contribution in [0.3, 0.4) is 0 Å². The minimum absolute atomic E-state index is 0.224. The molecule has 4 heteroatoms. The van der Waals surface area contributed by atoms with Crippen LogP contribution in [-0.4, -0.2) is 9.78 Å². The van der Waals surface area contributed by atoms with Gasteiger partial charge in [-0.3, -0.25) is 0 Å². The van der Waals surface area contributed by atoms with Gasteiger partial charge in [-0.2, -0.15) is 5.10 Å². The van der Waals surface area contributed by atoms with E-state index in [4.69, 9.17) is 5.73 Å². The van der Waals surface area contributed by atoms with Crippen molar-refractivity contribution in [2.24, 2.45) is 5.73 Å². The van der Waals surface area contributed by atoms with Crippen molar-refractivity contribution in [1.29, 1.82) is 0 Å². The molecular weight excluding hydrogens is 253 g/mol. The lowest BCUT2D eigenvalue weighted by Crippen LogP contribution is -2.12. The summed E-state index contributed by atoms with van der Waals surface area (Å²) in [4.78, 5) is 0. The van der Waals surface area contributed by atoms with E-state index in [9.17, 15) is 4.39 Å². The second kappa shape index (κ2) is 5.37. The first-order valence-electron chi connectivity index (χ1n) is 6.97. The second-order valence-electron chi connectivity index (χ2n) is 5.36. The van der Waals surface area contributed by atoms with Crippen molar-refractivity contribution >= 4 is 0 Å². The summed E-state index contributed by atoms with van der Waals surface area (Å²) in [5, 5.41) is 4.60. The van der Waals surface area contributed by atoms with Gasteiger partial charge in [0.05, 0.1) is 11.4 Å². The van der Waals surface area contributed by atoms with E-state index in [0.717, 1.165) is 29.1 Å². The third-order valence-electron chi connectivity index (χ3n) is 3.82. The molecule has 0 aliphatic heterocycles. The highest BCUT2D eigenvalue weighted by atomic mass is 19.1. The SMILES string of the molecule is CCc1c(C)nn(-c2cc(C)c(F)cc2[C@@H](C)N)c1C. The van der Waals surface area contributed by atoms with Crippen molar-refractivity contribution in [1.82, 2.24) is 9.78 Å². The number of hydrogen-bond acceptors (Lipinski definition) is 2. The van der Waals surface area contributed by atoms with Gasteiger partial charge in [0.15, 0.2) is 0 Å². The largest absolute Gasteiger partial charge is 0.324 e. The van der Waals surface area contributed by atoms with E-state index in [1.54, 1.807) is 6.92 Å². The molecular formula is C16H22FN3. The Bertz CT molecular complexity index is 642. The molecule has 108 valence electrons. The average molecular weight is 275 g/mol. The van der Waals surface area contributed by atoms with E-state index in [-0.39, 0.29) is 11.9 Å². The summed E-state index contributed by atoms with van der Waals surface area (Å²) in [6.45, 7) is 9.78. The van der Waals surface area contributed by atoms with Crippen molar-refractivity contribution in [2.75, 3.05) is 0 Å². The van der Waals surface area contributed by atoms with E-state index >= 15 is 0 Å². The molecule has 0 spiro atoms. The molecule has 1 aromatic heterocycles. The fourth-order valence-corrected chi connectivity index (χ4v) is 2.65. The molecule has 2 rings (SSSR count). The van der Waals surface area contributed by atoms with Gasteiger partial charge in [-0.15, -0.1) is 0 Å². The number of aromatic nitrogens is 2.